The predicted molar refractivity (Wildman–Crippen MR) is 111 cm³/mol. The van der Waals surface area contributed by atoms with E-state index in [-0.39, 0.29) is 30.6 Å². The van der Waals surface area contributed by atoms with Crippen molar-refractivity contribution in [2.75, 3.05) is 26.5 Å². The van der Waals surface area contributed by atoms with Gasteiger partial charge in [-0.25, -0.2) is 4.39 Å². The van der Waals surface area contributed by atoms with Gasteiger partial charge in [0.1, 0.15) is 5.83 Å². The molecule has 1 aliphatic heterocycles. The molecule has 7 heteroatoms. The molecule has 174 valence electrons. The lowest BCUT2D eigenvalue weighted by atomic mass is 9.74. The van der Waals surface area contributed by atoms with Gasteiger partial charge >= 0.3 is 0 Å². The Hall–Kier alpha value is -1.76. The van der Waals surface area contributed by atoms with E-state index in [1.165, 1.54) is 18.2 Å². The lowest BCUT2D eigenvalue weighted by Gasteiger charge is -2.37. The van der Waals surface area contributed by atoms with Gasteiger partial charge in [-0.1, -0.05) is 0 Å². The summed E-state index contributed by atoms with van der Waals surface area (Å²) in [5, 5.41) is 0. The van der Waals surface area contributed by atoms with Crippen molar-refractivity contribution in [1.29, 1.82) is 0 Å². The number of rotatable bonds is 9. The van der Waals surface area contributed by atoms with Crippen LogP contribution in [-0.2, 0) is 4.74 Å². The minimum atomic E-state index is -1.02. The van der Waals surface area contributed by atoms with Crippen molar-refractivity contribution >= 4 is 0 Å². The third-order valence-electron chi connectivity index (χ3n) is 6.39. The Morgan fingerprint density at radius 2 is 1.65 bits per heavy atom. The third-order valence-corrected chi connectivity index (χ3v) is 6.39. The summed E-state index contributed by atoms with van der Waals surface area (Å²) in [4.78, 5) is 0. The van der Waals surface area contributed by atoms with Crippen molar-refractivity contribution in [2.45, 2.75) is 58.0 Å². The quantitative estimate of drug-likeness (QED) is 0.404. The lowest BCUT2D eigenvalue weighted by Crippen LogP contribution is -2.32. The Labute approximate surface area is 181 Å². The minimum Gasteiger partial charge on any atom is -0.491 e. The average molecular weight is 445 g/mol. The van der Waals surface area contributed by atoms with Gasteiger partial charge in [-0.3, -0.25) is 4.39 Å². The second-order valence-corrected chi connectivity index (χ2v) is 8.48. The highest BCUT2D eigenvalue weighted by molar-refractivity contribution is 5.35. The van der Waals surface area contributed by atoms with Crippen molar-refractivity contribution in [2.24, 2.45) is 17.8 Å². The summed E-state index contributed by atoms with van der Waals surface area (Å²) in [5.41, 5.74) is 0. The van der Waals surface area contributed by atoms with E-state index in [1.807, 2.05) is 0 Å². The topological polar surface area (TPSA) is 27.7 Å². The molecule has 1 saturated heterocycles. The zero-order chi connectivity index (χ0) is 22.2. The Morgan fingerprint density at radius 1 is 1.00 bits per heavy atom. The lowest BCUT2D eigenvalue weighted by molar-refractivity contribution is -0.0186. The van der Waals surface area contributed by atoms with Gasteiger partial charge in [-0.05, 0) is 81.4 Å². The number of hydrogen-bond donors (Lipinski definition) is 0. The van der Waals surface area contributed by atoms with Gasteiger partial charge < -0.3 is 14.2 Å². The van der Waals surface area contributed by atoms with E-state index in [0.29, 0.717) is 31.0 Å². The first-order valence-electron chi connectivity index (χ1n) is 11.3. The summed E-state index contributed by atoms with van der Waals surface area (Å²) >= 11 is 0. The van der Waals surface area contributed by atoms with Crippen molar-refractivity contribution in [3.05, 3.63) is 35.7 Å². The summed E-state index contributed by atoms with van der Waals surface area (Å²) in [7, 11) is 0. The molecule has 2 fully saturated rings. The van der Waals surface area contributed by atoms with Gasteiger partial charge in [-0.15, -0.1) is 0 Å². The zero-order valence-electron chi connectivity index (χ0n) is 18.1. The van der Waals surface area contributed by atoms with Crippen LogP contribution >= 0.6 is 0 Å². The summed E-state index contributed by atoms with van der Waals surface area (Å²) < 4.78 is 70.2. The zero-order valence-corrected chi connectivity index (χ0v) is 18.1. The Kier molecular flexibility index (Phi) is 9.05. The van der Waals surface area contributed by atoms with Gasteiger partial charge in [0.15, 0.2) is 11.5 Å². The summed E-state index contributed by atoms with van der Waals surface area (Å²) in [6.07, 6.45) is 6.74. The smallest absolute Gasteiger partial charge is 0.204 e. The van der Waals surface area contributed by atoms with E-state index >= 15 is 0 Å². The number of allylic oxidation sites excluding steroid dienone is 1. The van der Waals surface area contributed by atoms with Crippen LogP contribution in [-0.4, -0.2) is 32.6 Å². The molecule has 0 radical (unpaired) electrons. The largest absolute Gasteiger partial charge is 0.491 e. The Morgan fingerprint density at radius 3 is 2.23 bits per heavy atom. The van der Waals surface area contributed by atoms with Crippen LogP contribution in [0.5, 0.6) is 11.5 Å². The van der Waals surface area contributed by atoms with Crippen molar-refractivity contribution in [3.8, 4) is 11.5 Å². The van der Waals surface area contributed by atoms with Gasteiger partial charge in [-0.2, -0.15) is 8.78 Å². The molecule has 2 atom stereocenters. The number of alkyl halides is 1. The van der Waals surface area contributed by atoms with E-state index < -0.39 is 24.1 Å². The van der Waals surface area contributed by atoms with Gasteiger partial charge in [0, 0.05) is 6.42 Å². The molecule has 1 aromatic rings. The molecule has 0 N–H and O–H groups in total. The van der Waals surface area contributed by atoms with Crippen molar-refractivity contribution in [3.63, 3.8) is 0 Å². The molecule has 0 amide bonds. The maximum absolute atomic E-state index is 14.2. The SMILES string of the molecule is CCOc1ccc(OCC2CCC(C3CCC(C=C(F)CCF)OC3)CC2)c(F)c1F. The van der Waals surface area contributed by atoms with E-state index in [2.05, 4.69) is 0 Å². The molecule has 1 aliphatic carbocycles. The standard InChI is InChI=1S/C24H32F4O3/c1-2-29-21-9-10-22(24(28)23(21)27)31-14-16-3-5-17(6-4-16)18-7-8-20(30-15-18)13-19(26)11-12-25/h9-10,13,16-18,20H,2-8,11-12,14-15H2,1H3. The fraction of sp³-hybridized carbons (Fsp3) is 0.667. The second kappa shape index (κ2) is 11.7. The Bertz CT molecular complexity index is 724. The average Bonchev–Trinajstić information content (AvgIpc) is 2.78. The molecular weight excluding hydrogens is 412 g/mol. The molecular formula is C24H32F4O3. The molecule has 1 heterocycles. The number of ether oxygens (including phenoxy) is 3. The molecule has 0 bridgehead atoms. The first kappa shape index (κ1) is 23.9. The van der Waals surface area contributed by atoms with Crippen LogP contribution in [0.25, 0.3) is 0 Å². The van der Waals surface area contributed by atoms with Crippen molar-refractivity contribution < 1.29 is 31.8 Å². The van der Waals surface area contributed by atoms with E-state index in [4.69, 9.17) is 14.2 Å². The summed E-state index contributed by atoms with van der Waals surface area (Å²) in [6, 6.07) is 2.80. The fourth-order valence-electron chi connectivity index (χ4n) is 4.60. The highest BCUT2D eigenvalue weighted by atomic mass is 19.2. The predicted octanol–water partition coefficient (Wildman–Crippen LogP) is 6.56. The molecule has 3 rings (SSSR count). The normalized spacial score (nSPS) is 27.2. The van der Waals surface area contributed by atoms with E-state index in [0.717, 1.165) is 38.5 Å². The maximum Gasteiger partial charge on any atom is 0.204 e. The Balaban J connectivity index is 1.41. The van der Waals surface area contributed by atoms with Gasteiger partial charge in [0.25, 0.3) is 0 Å². The third kappa shape index (κ3) is 6.61. The molecule has 0 spiro atoms. The maximum atomic E-state index is 14.2. The van der Waals surface area contributed by atoms with E-state index in [1.54, 1.807) is 6.92 Å². The summed E-state index contributed by atoms with van der Waals surface area (Å²) in [5.74, 6) is -1.34. The molecule has 0 aromatic heterocycles. The van der Waals surface area contributed by atoms with Crippen LogP contribution in [0, 0.1) is 29.4 Å². The van der Waals surface area contributed by atoms with Crippen LogP contribution in [0.2, 0.25) is 0 Å². The van der Waals surface area contributed by atoms with Crippen molar-refractivity contribution in [1.82, 2.24) is 0 Å². The van der Waals surface area contributed by atoms with Gasteiger partial charge in [0.05, 0.1) is 32.6 Å². The molecule has 2 unspecified atom stereocenters. The van der Waals surface area contributed by atoms with Crippen LogP contribution in [0.1, 0.15) is 51.9 Å². The van der Waals surface area contributed by atoms with Crippen LogP contribution in [0.4, 0.5) is 17.6 Å². The second-order valence-electron chi connectivity index (χ2n) is 8.48. The molecule has 1 saturated carbocycles. The molecule has 31 heavy (non-hydrogen) atoms. The molecule has 2 aliphatic rings. The first-order chi connectivity index (χ1) is 15.0. The fourth-order valence-corrected chi connectivity index (χ4v) is 4.60. The number of halogens is 4. The monoisotopic (exact) mass is 444 g/mol. The summed E-state index contributed by atoms with van der Waals surface area (Å²) in [6.45, 7) is 2.25. The van der Waals surface area contributed by atoms with Gasteiger partial charge in [0.2, 0.25) is 11.6 Å². The van der Waals surface area contributed by atoms with Crippen LogP contribution in [0.3, 0.4) is 0 Å². The highest BCUT2D eigenvalue weighted by Crippen LogP contribution is 2.38. The molecule has 1 aromatic carbocycles. The van der Waals surface area contributed by atoms with Crippen LogP contribution in [0.15, 0.2) is 24.0 Å². The highest BCUT2D eigenvalue weighted by Gasteiger charge is 2.31. The number of hydrogen-bond acceptors (Lipinski definition) is 3. The van der Waals surface area contributed by atoms with E-state index in [9.17, 15) is 17.6 Å². The minimum absolute atomic E-state index is 0.0807. The first-order valence-corrected chi connectivity index (χ1v) is 11.3. The molecule has 3 nitrogen and oxygen atoms in total. The number of benzene rings is 1. The van der Waals surface area contributed by atoms with Crippen LogP contribution < -0.4 is 9.47 Å².